The minimum atomic E-state index is -0.126. The number of benzene rings is 1. The van der Waals surface area contributed by atoms with Gasteiger partial charge in [-0.1, -0.05) is 18.2 Å². The summed E-state index contributed by atoms with van der Waals surface area (Å²) in [6, 6.07) is 15.7. The average molecular weight is 441 g/mol. The number of aryl methyl sites for hydroxylation is 2. The quantitative estimate of drug-likeness (QED) is 0.342. The molecule has 33 heavy (non-hydrogen) atoms. The molecule has 3 aromatic heterocycles. The molecule has 0 aliphatic carbocycles. The minimum Gasteiger partial charge on any atom is -0.293 e. The van der Waals surface area contributed by atoms with E-state index in [-0.39, 0.29) is 22.7 Å². The van der Waals surface area contributed by atoms with Crippen LogP contribution in [0.25, 0.3) is 22.0 Å². The Labute approximate surface area is 192 Å². The van der Waals surface area contributed by atoms with E-state index < -0.39 is 0 Å². The number of aromatic nitrogens is 4. The fourth-order valence-corrected chi connectivity index (χ4v) is 4.49. The summed E-state index contributed by atoms with van der Waals surface area (Å²) < 4.78 is 1.89. The van der Waals surface area contributed by atoms with E-state index >= 15 is 0 Å². The number of nitrogens with zero attached hydrogens (tertiary/aromatic N) is 5. The summed E-state index contributed by atoms with van der Waals surface area (Å²) in [6.07, 6.45) is 2.80. The Hall–Kier alpha value is -3.71. The average Bonchev–Trinajstić information content (AvgIpc) is 3.11. The molecule has 7 heteroatoms. The van der Waals surface area contributed by atoms with Gasteiger partial charge in [0.05, 0.1) is 18.6 Å². The highest BCUT2D eigenvalue weighted by molar-refractivity contribution is 6.06. The topological polar surface area (TPSA) is 77.7 Å². The Balaban J connectivity index is 1.53. The molecular formula is C26H26N5O2+. The number of likely N-dealkylation sites (tertiary alicyclic amines) is 1. The molecule has 1 aliphatic heterocycles. The molecule has 1 amide bonds. The van der Waals surface area contributed by atoms with Crippen molar-refractivity contribution in [3.8, 4) is 11.1 Å². The van der Waals surface area contributed by atoms with Gasteiger partial charge in [0.15, 0.2) is 12.3 Å². The van der Waals surface area contributed by atoms with E-state index in [1.807, 2.05) is 68.6 Å². The van der Waals surface area contributed by atoms with Crippen LogP contribution in [-0.4, -0.2) is 44.5 Å². The number of ketones is 1. The fraction of sp³-hybridized carbons (Fsp3) is 0.269. The van der Waals surface area contributed by atoms with Crippen LogP contribution in [0, 0.1) is 13.8 Å². The lowest BCUT2D eigenvalue weighted by Gasteiger charge is -2.41. The Morgan fingerprint density at radius 3 is 2.42 bits per heavy atom. The first kappa shape index (κ1) is 21.2. The zero-order valence-corrected chi connectivity index (χ0v) is 19.1. The third-order valence-electron chi connectivity index (χ3n) is 6.48. The fourth-order valence-electron chi connectivity index (χ4n) is 4.49. The predicted octanol–water partition coefficient (Wildman–Crippen LogP) is 4.25. The number of quaternary nitrogens is 1. The molecule has 0 saturated carbocycles. The Bertz CT molecular complexity index is 1380. The van der Waals surface area contributed by atoms with Crippen molar-refractivity contribution < 1.29 is 9.59 Å². The van der Waals surface area contributed by atoms with E-state index in [0.29, 0.717) is 5.69 Å². The molecule has 1 fully saturated rings. The second kappa shape index (κ2) is 8.01. The van der Waals surface area contributed by atoms with E-state index in [4.69, 9.17) is 0 Å². The molecule has 0 atom stereocenters. The van der Waals surface area contributed by atoms with Crippen molar-refractivity contribution in [3.63, 3.8) is 0 Å². The van der Waals surface area contributed by atoms with Crippen molar-refractivity contribution in [1.82, 2.24) is 24.2 Å². The first-order valence-corrected chi connectivity index (χ1v) is 11.2. The van der Waals surface area contributed by atoms with Gasteiger partial charge in [-0.2, -0.15) is 5.10 Å². The van der Waals surface area contributed by atoms with Crippen LogP contribution in [0.3, 0.4) is 0 Å². The molecule has 0 unspecified atom stereocenters. The van der Waals surface area contributed by atoms with Crippen molar-refractivity contribution >= 4 is 28.4 Å². The van der Waals surface area contributed by atoms with Gasteiger partial charge in [0, 0.05) is 47.9 Å². The van der Waals surface area contributed by atoms with Crippen molar-refractivity contribution in [3.05, 3.63) is 71.8 Å². The maximum absolute atomic E-state index is 13.5. The van der Waals surface area contributed by atoms with Crippen molar-refractivity contribution in [2.24, 2.45) is 0 Å². The first-order valence-electron chi connectivity index (χ1n) is 11.2. The number of hydrogen-bond donors (Lipinski definition) is 0. The van der Waals surface area contributed by atoms with Crippen LogP contribution >= 0.6 is 0 Å². The molecule has 7 nitrogen and oxygen atoms in total. The van der Waals surface area contributed by atoms with Gasteiger partial charge in [0.1, 0.15) is 5.69 Å². The van der Waals surface area contributed by atoms with Crippen LogP contribution in [0.4, 0.5) is 5.82 Å². The van der Waals surface area contributed by atoms with Crippen molar-refractivity contribution in [2.45, 2.75) is 33.7 Å². The zero-order chi connectivity index (χ0) is 23.2. The second-order valence-corrected chi connectivity index (χ2v) is 8.78. The SMILES string of the molecule is CC(=O)c1nn(CC(=O)[N+]2(c3cccc(C)n3)CCC2)c2ccc(-c3ccc(C)nc3)cc12. The summed E-state index contributed by atoms with van der Waals surface area (Å²) in [5, 5.41) is 5.31. The monoisotopic (exact) mass is 440 g/mol. The number of Topliss-reactive ketones (excluding diaryl/α,β-unsaturated/α-hetero) is 1. The number of amides is 1. The van der Waals surface area contributed by atoms with Gasteiger partial charge in [-0.15, -0.1) is 0 Å². The van der Waals surface area contributed by atoms with E-state index in [2.05, 4.69) is 15.1 Å². The number of rotatable bonds is 5. The highest BCUT2D eigenvalue weighted by atomic mass is 16.2. The molecule has 0 bridgehead atoms. The number of carbonyl (C=O) groups is 2. The molecule has 1 aliphatic rings. The lowest BCUT2D eigenvalue weighted by molar-refractivity contribution is -0.134. The molecule has 0 spiro atoms. The summed E-state index contributed by atoms with van der Waals surface area (Å²) >= 11 is 0. The number of fused-ring (bicyclic) bond motifs is 1. The molecule has 5 rings (SSSR count). The van der Waals surface area contributed by atoms with Crippen molar-refractivity contribution in [2.75, 3.05) is 13.1 Å². The van der Waals surface area contributed by atoms with Crippen molar-refractivity contribution in [1.29, 1.82) is 0 Å². The minimum absolute atomic E-state index is 0.0330. The van der Waals surface area contributed by atoms with Crippen LogP contribution in [0.15, 0.2) is 54.7 Å². The number of carbonyl (C=O) groups excluding carboxylic acids is 2. The predicted molar refractivity (Wildman–Crippen MR) is 128 cm³/mol. The maximum Gasteiger partial charge on any atom is 0.341 e. The van der Waals surface area contributed by atoms with Gasteiger partial charge >= 0.3 is 5.91 Å². The summed E-state index contributed by atoms with van der Waals surface area (Å²) in [5.41, 5.74) is 4.92. The summed E-state index contributed by atoms with van der Waals surface area (Å²) in [4.78, 5) is 35.0. The maximum atomic E-state index is 13.5. The Morgan fingerprint density at radius 1 is 1.00 bits per heavy atom. The third-order valence-corrected chi connectivity index (χ3v) is 6.48. The van der Waals surface area contributed by atoms with E-state index in [1.165, 1.54) is 6.92 Å². The Kier molecular flexibility index (Phi) is 5.13. The molecule has 4 heterocycles. The van der Waals surface area contributed by atoms with Crippen LogP contribution in [-0.2, 0) is 11.3 Å². The van der Waals surface area contributed by atoms with Crippen LogP contribution in [0.1, 0.15) is 35.2 Å². The largest absolute Gasteiger partial charge is 0.341 e. The van der Waals surface area contributed by atoms with E-state index in [1.54, 1.807) is 4.68 Å². The third kappa shape index (κ3) is 3.64. The van der Waals surface area contributed by atoms with Crippen LogP contribution in [0.2, 0.25) is 0 Å². The molecule has 166 valence electrons. The van der Waals surface area contributed by atoms with Crippen LogP contribution < -0.4 is 4.48 Å². The first-order chi connectivity index (χ1) is 15.9. The lowest BCUT2D eigenvalue weighted by atomic mass is 10.0. The Morgan fingerprint density at radius 2 is 1.79 bits per heavy atom. The van der Waals surface area contributed by atoms with Gasteiger partial charge in [-0.3, -0.25) is 14.5 Å². The smallest absolute Gasteiger partial charge is 0.293 e. The lowest BCUT2D eigenvalue weighted by Crippen LogP contribution is -2.64. The highest BCUT2D eigenvalue weighted by Crippen LogP contribution is 2.31. The second-order valence-electron chi connectivity index (χ2n) is 8.78. The van der Waals surface area contributed by atoms with Gasteiger partial charge in [0.25, 0.3) is 0 Å². The standard InChI is InChI=1S/C26H26N5O2/c1-17-8-9-21(15-27-17)20-10-11-23-22(14-20)26(19(3)32)29-30(23)16-25(33)31(12-5-13-31)24-7-4-6-18(2)28-24/h4,6-11,14-15H,5,12-13,16H2,1-3H3/q+1. The molecule has 0 radical (unpaired) electrons. The van der Waals surface area contributed by atoms with E-state index in [9.17, 15) is 9.59 Å². The normalized spacial score (nSPS) is 14.8. The van der Waals surface area contributed by atoms with Gasteiger partial charge < -0.3 is 0 Å². The molecule has 0 N–H and O–H groups in total. The van der Waals surface area contributed by atoms with E-state index in [0.717, 1.165) is 58.7 Å². The van der Waals surface area contributed by atoms with Gasteiger partial charge in [-0.25, -0.2) is 14.3 Å². The van der Waals surface area contributed by atoms with Gasteiger partial charge in [0.2, 0.25) is 5.82 Å². The number of hydrogen-bond acceptors (Lipinski definition) is 5. The molecule has 1 saturated heterocycles. The van der Waals surface area contributed by atoms with Gasteiger partial charge in [-0.05, 0) is 43.7 Å². The van der Waals surface area contributed by atoms with Crippen LogP contribution in [0.5, 0.6) is 0 Å². The zero-order valence-electron chi connectivity index (χ0n) is 19.1. The molecule has 1 aromatic carbocycles. The summed E-state index contributed by atoms with van der Waals surface area (Å²) in [6.45, 7) is 6.95. The highest BCUT2D eigenvalue weighted by Gasteiger charge is 2.46. The molecule has 4 aromatic rings. The summed E-state index contributed by atoms with van der Waals surface area (Å²) in [7, 11) is 0. The molecular weight excluding hydrogens is 414 g/mol. The summed E-state index contributed by atoms with van der Waals surface area (Å²) in [5.74, 6) is 0.688. The number of pyridine rings is 2.